The molecule has 0 spiro atoms. The van der Waals surface area contributed by atoms with Crippen LogP contribution in [0.2, 0.25) is 5.02 Å². The lowest BCUT2D eigenvalue weighted by Gasteiger charge is -2.36. The molecule has 2 atom stereocenters. The molecule has 2 heterocycles. The standard InChI is InChI=1S/C20H21ClFNO4/c21-15-10-14(22)5-4-13(15)11-23-7-6-17(16(24)12-23)27-19-3-1-2-18-20(19)26-9-8-25-18/h1-5,10,16-17,24H,6-9,11-12H2/t16-,17-/m1/s1. The van der Waals surface area contributed by atoms with E-state index in [1.54, 1.807) is 6.07 Å². The molecular weight excluding hydrogens is 373 g/mol. The molecule has 1 saturated heterocycles. The molecule has 0 unspecified atom stereocenters. The molecule has 0 saturated carbocycles. The number of nitrogens with zero attached hydrogens (tertiary/aromatic N) is 1. The van der Waals surface area contributed by atoms with Gasteiger partial charge >= 0.3 is 0 Å². The second-order valence-electron chi connectivity index (χ2n) is 6.76. The van der Waals surface area contributed by atoms with Crippen molar-refractivity contribution >= 4 is 11.6 Å². The minimum absolute atomic E-state index is 0.332. The molecule has 0 bridgehead atoms. The van der Waals surface area contributed by atoms with E-state index < -0.39 is 6.10 Å². The number of ether oxygens (including phenoxy) is 3. The van der Waals surface area contributed by atoms with Crippen molar-refractivity contribution < 1.29 is 23.7 Å². The van der Waals surface area contributed by atoms with Gasteiger partial charge in [0.1, 0.15) is 31.2 Å². The van der Waals surface area contributed by atoms with Crippen molar-refractivity contribution in [3.8, 4) is 17.2 Å². The number of halogens is 2. The Balaban J connectivity index is 1.39. The number of piperidine rings is 1. The highest BCUT2D eigenvalue weighted by Crippen LogP contribution is 2.40. The Labute approximate surface area is 162 Å². The molecule has 27 heavy (non-hydrogen) atoms. The Hall–Kier alpha value is -2.02. The lowest BCUT2D eigenvalue weighted by Crippen LogP contribution is -2.48. The highest BCUT2D eigenvalue weighted by Gasteiger charge is 2.31. The summed E-state index contributed by atoms with van der Waals surface area (Å²) < 4.78 is 30.5. The van der Waals surface area contributed by atoms with Crippen LogP contribution in [0.5, 0.6) is 17.2 Å². The topological polar surface area (TPSA) is 51.2 Å². The molecule has 0 aromatic heterocycles. The molecule has 2 aromatic carbocycles. The maximum atomic E-state index is 13.2. The van der Waals surface area contributed by atoms with E-state index in [1.165, 1.54) is 12.1 Å². The van der Waals surface area contributed by atoms with Crippen LogP contribution in [0.4, 0.5) is 4.39 Å². The zero-order chi connectivity index (χ0) is 18.8. The first-order chi connectivity index (χ1) is 13.1. The van der Waals surface area contributed by atoms with E-state index in [1.807, 2.05) is 18.2 Å². The average Bonchev–Trinajstić information content (AvgIpc) is 2.66. The summed E-state index contributed by atoms with van der Waals surface area (Å²) in [6.07, 6.45) is -0.329. The van der Waals surface area contributed by atoms with Crippen molar-refractivity contribution in [3.63, 3.8) is 0 Å². The molecule has 2 aromatic rings. The predicted molar refractivity (Wildman–Crippen MR) is 99.2 cm³/mol. The van der Waals surface area contributed by atoms with Gasteiger partial charge in [0.2, 0.25) is 5.75 Å². The van der Waals surface area contributed by atoms with Crippen molar-refractivity contribution in [2.24, 2.45) is 0 Å². The fourth-order valence-electron chi connectivity index (χ4n) is 3.45. The van der Waals surface area contributed by atoms with Crippen molar-refractivity contribution in [2.45, 2.75) is 25.2 Å². The molecule has 0 aliphatic carbocycles. The van der Waals surface area contributed by atoms with Gasteiger partial charge in [0, 0.05) is 24.7 Å². The second kappa shape index (κ2) is 7.92. The number of hydrogen-bond acceptors (Lipinski definition) is 5. The fourth-order valence-corrected chi connectivity index (χ4v) is 3.68. The predicted octanol–water partition coefficient (Wildman–Crippen LogP) is 3.26. The SMILES string of the molecule is O[C@@H]1CN(Cc2ccc(F)cc2Cl)CC[C@H]1Oc1cccc2c1OCCO2. The van der Waals surface area contributed by atoms with Gasteiger partial charge in [-0.2, -0.15) is 0 Å². The van der Waals surface area contributed by atoms with Crippen LogP contribution in [0.3, 0.4) is 0 Å². The smallest absolute Gasteiger partial charge is 0.203 e. The largest absolute Gasteiger partial charge is 0.486 e. The average molecular weight is 394 g/mol. The summed E-state index contributed by atoms with van der Waals surface area (Å²) in [4.78, 5) is 2.09. The number of hydrogen-bond donors (Lipinski definition) is 1. The number of aliphatic hydroxyl groups excluding tert-OH is 1. The zero-order valence-electron chi connectivity index (χ0n) is 14.7. The number of aliphatic hydroxyl groups is 1. The zero-order valence-corrected chi connectivity index (χ0v) is 15.5. The van der Waals surface area contributed by atoms with Gasteiger partial charge in [-0.1, -0.05) is 23.7 Å². The first kappa shape index (κ1) is 18.3. The number of para-hydroxylation sites is 1. The van der Waals surface area contributed by atoms with E-state index in [2.05, 4.69) is 4.90 Å². The third kappa shape index (κ3) is 4.13. The van der Waals surface area contributed by atoms with Crippen LogP contribution < -0.4 is 14.2 Å². The monoisotopic (exact) mass is 393 g/mol. The van der Waals surface area contributed by atoms with Crippen LogP contribution in [-0.4, -0.2) is 48.5 Å². The van der Waals surface area contributed by atoms with Gasteiger partial charge < -0.3 is 19.3 Å². The van der Waals surface area contributed by atoms with E-state index >= 15 is 0 Å². The van der Waals surface area contributed by atoms with E-state index in [9.17, 15) is 9.50 Å². The number of rotatable bonds is 4. The molecule has 4 rings (SSSR count). The first-order valence-corrected chi connectivity index (χ1v) is 9.37. The molecule has 0 radical (unpaired) electrons. The Bertz CT molecular complexity index is 819. The molecule has 0 amide bonds. The van der Waals surface area contributed by atoms with Crippen molar-refractivity contribution in [2.75, 3.05) is 26.3 Å². The fraction of sp³-hybridized carbons (Fsp3) is 0.400. The molecule has 144 valence electrons. The van der Waals surface area contributed by atoms with Crippen molar-refractivity contribution in [1.82, 2.24) is 4.90 Å². The van der Waals surface area contributed by atoms with Crippen LogP contribution >= 0.6 is 11.6 Å². The molecule has 1 fully saturated rings. The lowest BCUT2D eigenvalue weighted by atomic mass is 10.0. The van der Waals surface area contributed by atoms with Gasteiger partial charge in [0.05, 0.1) is 0 Å². The van der Waals surface area contributed by atoms with Gasteiger partial charge in [0.25, 0.3) is 0 Å². The van der Waals surface area contributed by atoms with Crippen LogP contribution in [-0.2, 0) is 6.54 Å². The molecular formula is C20H21ClFNO4. The quantitative estimate of drug-likeness (QED) is 0.864. The summed E-state index contributed by atoms with van der Waals surface area (Å²) in [7, 11) is 0. The van der Waals surface area contributed by atoms with E-state index in [4.69, 9.17) is 25.8 Å². The number of likely N-dealkylation sites (tertiary alicyclic amines) is 1. The molecule has 5 nitrogen and oxygen atoms in total. The summed E-state index contributed by atoms with van der Waals surface area (Å²) in [5.41, 5.74) is 0.840. The number of benzene rings is 2. The Morgan fingerprint density at radius 2 is 2.07 bits per heavy atom. The van der Waals surface area contributed by atoms with Gasteiger partial charge in [-0.15, -0.1) is 0 Å². The first-order valence-electron chi connectivity index (χ1n) is 9.00. The highest BCUT2D eigenvalue weighted by molar-refractivity contribution is 6.31. The molecule has 7 heteroatoms. The van der Waals surface area contributed by atoms with Crippen LogP contribution in [0.1, 0.15) is 12.0 Å². The molecule has 1 N–H and O–H groups in total. The van der Waals surface area contributed by atoms with Crippen molar-refractivity contribution in [1.29, 1.82) is 0 Å². The lowest BCUT2D eigenvalue weighted by molar-refractivity contribution is -0.0290. The van der Waals surface area contributed by atoms with Gasteiger partial charge in [-0.25, -0.2) is 4.39 Å². The maximum Gasteiger partial charge on any atom is 0.203 e. The Morgan fingerprint density at radius 1 is 1.22 bits per heavy atom. The summed E-state index contributed by atoms with van der Waals surface area (Å²) in [6.45, 7) is 2.74. The Morgan fingerprint density at radius 3 is 2.89 bits per heavy atom. The normalized spacial score (nSPS) is 22.5. The molecule has 2 aliphatic heterocycles. The summed E-state index contributed by atoms with van der Waals surface area (Å²) in [6, 6.07) is 9.90. The summed E-state index contributed by atoms with van der Waals surface area (Å²) >= 11 is 6.11. The van der Waals surface area contributed by atoms with Crippen LogP contribution in [0.25, 0.3) is 0 Å². The number of β-amino-alcohol motifs (C(OH)–C–C–N with tert-alkyl or cyclic N) is 1. The Kier molecular flexibility index (Phi) is 5.38. The minimum atomic E-state index is -0.654. The van der Waals surface area contributed by atoms with E-state index in [-0.39, 0.29) is 11.9 Å². The third-order valence-corrected chi connectivity index (χ3v) is 5.17. The third-order valence-electron chi connectivity index (χ3n) is 4.82. The second-order valence-corrected chi connectivity index (χ2v) is 7.17. The van der Waals surface area contributed by atoms with Gasteiger partial charge in [-0.3, -0.25) is 4.90 Å². The van der Waals surface area contributed by atoms with E-state index in [0.29, 0.717) is 55.0 Å². The van der Waals surface area contributed by atoms with Gasteiger partial charge in [0.15, 0.2) is 11.5 Å². The molecule has 2 aliphatic rings. The number of fused-ring (bicyclic) bond motifs is 1. The minimum Gasteiger partial charge on any atom is -0.486 e. The highest BCUT2D eigenvalue weighted by atomic mass is 35.5. The van der Waals surface area contributed by atoms with Crippen LogP contribution in [0, 0.1) is 5.82 Å². The van der Waals surface area contributed by atoms with Gasteiger partial charge in [-0.05, 0) is 36.2 Å². The summed E-state index contributed by atoms with van der Waals surface area (Å²) in [5.74, 6) is 1.49. The summed E-state index contributed by atoms with van der Waals surface area (Å²) in [5, 5.41) is 11.0. The maximum absolute atomic E-state index is 13.2. The van der Waals surface area contributed by atoms with E-state index in [0.717, 1.165) is 12.1 Å². The van der Waals surface area contributed by atoms with Crippen LogP contribution in [0.15, 0.2) is 36.4 Å². The van der Waals surface area contributed by atoms with Crippen molar-refractivity contribution in [3.05, 3.63) is 52.8 Å².